The first-order valence-corrected chi connectivity index (χ1v) is 8.27. The van der Waals surface area contributed by atoms with Crippen LogP contribution in [0.5, 0.6) is 11.5 Å². The Balaban J connectivity index is 2.03. The molecule has 1 aromatic carbocycles. The van der Waals surface area contributed by atoms with Gasteiger partial charge >= 0.3 is 0 Å². The number of nitrogens with zero attached hydrogens (tertiary/aromatic N) is 2. The highest BCUT2D eigenvalue weighted by molar-refractivity contribution is 6.03. The summed E-state index contributed by atoms with van der Waals surface area (Å²) < 4.78 is 10.4. The molecule has 2 aromatic rings. The summed E-state index contributed by atoms with van der Waals surface area (Å²) in [5.74, 6) is 1.47. The second-order valence-corrected chi connectivity index (χ2v) is 5.45. The molecule has 0 atom stereocenters. The van der Waals surface area contributed by atoms with E-state index in [1.54, 1.807) is 38.5 Å². The summed E-state index contributed by atoms with van der Waals surface area (Å²) in [6, 6.07) is 6.81. The van der Waals surface area contributed by atoms with Gasteiger partial charge in [-0.2, -0.15) is 0 Å². The van der Waals surface area contributed by atoms with Gasteiger partial charge in [-0.05, 0) is 18.6 Å². The van der Waals surface area contributed by atoms with Crippen molar-refractivity contribution in [2.45, 2.75) is 26.2 Å². The van der Waals surface area contributed by atoms with E-state index in [0.717, 1.165) is 25.8 Å². The van der Waals surface area contributed by atoms with Crippen LogP contribution in [0.15, 0.2) is 30.6 Å². The largest absolute Gasteiger partial charge is 0.493 e. The van der Waals surface area contributed by atoms with Crippen molar-refractivity contribution in [2.24, 2.45) is 0 Å². The van der Waals surface area contributed by atoms with Gasteiger partial charge in [0.15, 0.2) is 11.5 Å². The molecule has 0 radical (unpaired) electrons. The van der Waals surface area contributed by atoms with Crippen LogP contribution in [0.4, 0.5) is 11.5 Å². The van der Waals surface area contributed by atoms with Crippen LogP contribution in [-0.4, -0.2) is 36.6 Å². The van der Waals surface area contributed by atoms with Crippen molar-refractivity contribution in [1.82, 2.24) is 9.97 Å². The smallest absolute Gasteiger partial charge is 0.274 e. The van der Waals surface area contributed by atoms with Crippen LogP contribution in [0.25, 0.3) is 0 Å². The first-order valence-electron chi connectivity index (χ1n) is 8.27. The maximum Gasteiger partial charge on any atom is 0.274 e. The van der Waals surface area contributed by atoms with Crippen LogP contribution in [0.1, 0.15) is 36.7 Å². The lowest BCUT2D eigenvalue weighted by atomic mass is 10.2. The Morgan fingerprint density at radius 1 is 1.08 bits per heavy atom. The molecule has 0 bridgehead atoms. The number of hydrogen-bond donors (Lipinski definition) is 2. The number of amides is 1. The summed E-state index contributed by atoms with van der Waals surface area (Å²) in [5, 5.41) is 6.00. The molecule has 0 fully saturated rings. The maximum atomic E-state index is 12.4. The fourth-order valence-corrected chi connectivity index (χ4v) is 2.28. The number of rotatable bonds is 9. The van der Waals surface area contributed by atoms with E-state index in [0.29, 0.717) is 28.7 Å². The number of methoxy groups -OCH3 is 2. The molecule has 25 heavy (non-hydrogen) atoms. The Labute approximate surface area is 147 Å². The summed E-state index contributed by atoms with van der Waals surface area (Å²) in [4.78, 5) is 20.6. The zero-order valence-corrected chi connectivity index (χ0v) is 14.8. The van der Waals surface area contributed by atoms with Crippen LogP contribution in [0.3, 0.4) is 0 Å². The molecule has 0 saturated heterocycles. The van der Waals surface area contributed by atoms with Gasteiger partial charge in [-0.1, -0.05) is 19.8 Å². The lowest BCUT2D eigenvalue weighted by Gasteiger charge is -2.11. The molecule has 1 heterocycles. The second-order valence-electron chi connectivity index (χ2n) is 5.45. The highest BCUT2D eigenvalue weighted by Gasteiger charge is 2.11. The predicted octanol–water partition coefficient (Wildman–Crippen LogP) is 3.35. The van der Waals surface area contributed by atoms with Gasteiger partial charge in [0.1, 0.15) is 17.8 Å². The third kappa shape index (κ3) is 5.34. The van der Waals surface area contributed by atoms with Gasteiger partial charge in [-0.25, -0.2) is 9.97 Å². The minimum Gasteiger partial charge on any atom is -0.493 e. The third-order valence-electron chi connectivity index (χ3n) is 3.63. The van der Waals surface area contributed by atoms with E-state index in [2.05, 4.69) is 27.5 Å². The summed E-state index contributed by atoms with van der Waals surface area (Å²) in [7, 11) is 3.11. The lowest BCUT2D eigenvalue weighted by Crippen LogP contribution is -2.15. The lowest BCUT2D eigenvalue weighted by molar-refractivity contribution is 0.102. The van der Waals surface area contributed by atoms with E-state index in [-0.39, 0.29) is 5.91 Å². The Kier molecular flexibility index (Phi) is 7.00. The van der Waals surface area contributed by atoms with Crippen molar-refractivity contribution in [3.05, 3.63) is 36.3 Å². The average molecular weight is 344 g/mol. The topological polar surface area (TPSA) is 85.4 Å². The molecule has 2 rings (SSSR count). The molecule has 7 heteroatoms. The minimum absolute atomic E-state index is 0.294. The van der Waals surface area contributed by atoms with Crippen LogP contribution in [0.2, 0.25) is 0 Å². The number of carbonyl (C=O) groups excluding carboxylic acids is 1. The van der Waals surface area contributed by atoms with E-state index in [4.69, 9.17) is 9.47 Å². The Bertz CT molecular complexity index is 706. The summed E-state index contributed by atoms with van der Waals surface area (Å²) in [6.07, 6.45) is 4.76. The number of unbranched alkanes of at least 4 members (excludes halogenated alkanes) is 2. The fourth-order valence-electron chi connectivity index (χ4n) is 2.28. The minimum atomic E-state index is -0.314. The van der Waals surface area contributed by atoms with Gasteiger partial charge in [0.25, 0.3) is 5.91 Å². The van der Waals surface area contributed by atoms with Gasteiger partial charge < -0.3 is 20.1 Å². The van der Waals surface area contributed by atoms with Gasteiger partial charge in [-0.3, -0.25) is 4.79 Å². The zero-order valence-electron chi connectivity index (χ0n) is 14.8. The third-order valence-corrected chi connectivity index (χ3v) is 3.63. The van der Waals surface area contributed by atoms with E-state index in [1.165, 1.54) is 6.33 Å². The van der Waals surface area contributed by atoms with Gasteiger partial charge in [0, 0.05) is 24.4 Å². The molecule has 0 aliphatic carbocycles. The normalized spacial score (nSPS) is 10.2. The Hall–Kier alpha value is -2.83. The summed E-state index contributed by atoms with van der Waals surface area (Å²) in [5.41, 5.74) is 0.890. The standard InChI is InChI=1S/C18H24N4O3/c1-4-5-6-9-19-17-11-14(20-12-21-17)18(23)22-13-7-8-15(24-2)16(10-13)25-3/h7-8,10-12H,4-6,9H2,1-3H3,(H,22,23)(H,19,20,21). The molecule has 134 valence electrons. The summed E-state index contributed by atoms with van der Waals surface area (Å²) >= 11 is 0. The first-order chi connectivity index (χ1) is 12.2. The molecule has 0 aliphatic rings. The van der Waals surface area contributed by atoms with Gasteiger partial charge in [0.05, 0.1) is 14.2 Å². The van der Waals surface area contributed by atoms with E-state index < -0.39 is 0 Å². The second kappa shape index (κ2) is 9.46. The van der Waals surface area contributed by atoms with Crippen molar-refractivity contribution in [3.8, 4) is 11.5 Å². The zero-order chi connectivity index (χ0) is 18.1. The van der Waals surface area contributed by atoms with Crippen molar-refractivity contribution in [2.75, 3.05) is 31.4 Å². The van der Waals surface area contributed by atoms with Crippen LogP contribution in [0, 0.1) is 0 Å². The highest BCUT2D eigenvalue weighted by Crippen LogP contribution is 2.29. The average Bonchev–Trinajstić information content (AvgIpc) is 2.65. The number of ether oxygens (including phenoxy) is 2. The first kappa shape index (κ1) is 18.5. The van der Waals surface area contributed by atoms with Gasteiger partial charge in [-0.15, -0.1) is 0 Å². The molecule has 0 saturated carbocycles. The number of hydrogen-bond acceptors (Lipinski definition) is 6. The van der Waals surface area contributed by atoms with Crippen molar-refractivity contribution >= 4 is 17.4 Å². The monoisotopic (exact) mass is 344 g/mol. The number of aromatic nitrogens is 2. The highest BCUT2D eigenvalue weighted by atomic mass is 16.5. The van der Waals surface area contributed by atoms with Gasteiger partial charge in [0.2, 0.25) is 0 Å². The molecular weight excluding hydrogens is 320 g/mol. The van der Waals surface area contributed by atoms with E-state index in [9.17, 15) is 4.79 Å². The molecule has 0 spiro atoms. The van der Waals surface area contributed by atoms with E-state index in [1.807, 2.05) is 0 Å². The van der Waals surface area contributed by atoms with Crippen LogP contribution < -0.4 is 20.1 Å². The molecule has 7 nitrogen and oxygen atoms in total. The maximum absolute atomic E-state index is 12.4. The fraction of sp³-hybridized carbons (Fsp3) is 0.389. The number of anilines is 2. The van der Waals surface area contributed by atoms with Crippen LogP contribution >= 0.6 is 0 Å². The van der Waals surface area contributed by atoms with E-state index >= 15 is 0 Å². The summed E-state index contributed by atoms with van der Waals surface area (Å²) in [6.45, 7) is 2.98. The molecule has 2 N–H and O–H groups in total. The number of benzene rings is 1. The molecule has 0 unspecified atom stereocenters. The Morgan fingerprint density at radius 3 is 2.60 bits per heavy atom. The quantitative estimate of drug-likeness (QED) is 0.679. The van der Waals surface area contributed by atoms with Crippen molar-refractivity contribution in [3.63, 3.8) is 0 Å². The Morgan fingerprint density at radius 2 is 1.88 bits per heavy atom. The molecule has 1 aromatic heterocycles. The number of nitrogens with one attached hydrogen (secondary N) is 2. The predicted molar refractivity (Wildman–Crippen MR) is 97.5 cm³/mol. The van der Waals surface area contributed by atoms with Crippen molar-refractivity contribution in [1.29, 1.82) is 0 Å². The van der Waals surface area contributed by atoms with Crippen LogP contribution in [-0.2, 0) is 0 Å². The molecular formula is C18H24N4O3. The number of carbonyl (C=O) groups is 1. The SMILES string of the molecule is CCCCCNc1cc(C(=O)Nc2ccc(OC)c(OC)c2)ncn1. The van der Waals surface area contributed by atoms with Crippen molar-refractivity contribution < 1.29 is 14.3 Å². The molecule has 1 amide bonds. The molecule has 0 aliphatic heterocycles.